The zero-order chi connectivity index (χ0) is 27.0. The molecule has 0 fully saturated rings. The Morgan fingerprint density at radius 1 is 0.351 bits per heavy atom. The van der Waals surface area contributed by atoms with Crippen LogP contribution in [-0.4, -0.2) is 26.4 Å². The van der Waals surface area contributed by atoms with Crippen molar-refractivity contribution in [2.24, 2.45) is 0 Å². The molecule has 0 amide bonds. The predicted octanol–water partition coefficient (Wildman–Crippen LogP) is 10.7. The molecule has 9 heteroatoms. The van der Waals surface area contributed by atoms with Crippen LogP contribution in [0.2, 0.25) is 0 Å². The molecule has 0 aromatic rings. The van der Waals surface area contributed by atoms with E-state index in [2.05, 4.69) is 27.7 Å². The van der Waals surface area contributed by atoms with Gasteiger partial charge < -0.3 is 18.1 Å². The Bertz CT molecular complexity index is 382. The van der Waals surface area contributed by atoms with E-state index in [4.69, 9.17) is 18.1 Å². The maximum atomic E-state index is 11.4. The van der Waals surface area contributed by atoms with Crippen molar-refractivity contribution in [3.63, 3.8) is 0 Å². The van der Waals surface area contributed by atoms with E-state index in [1.165, 1.54) is 103 Å². The minimum absolute atomic E-state index is 0. The molecule has 0 aromatic heterocycles. The molecular weight excluding hydrogens is 553 g/mol. The average molecular weight is 616 g/mol. The summed E-state index contributed by atoms with van der Waals surface area (Å²) in [7, 11) is -4.45. The first-order valence-corrected chi connectivity index (χ1v) is 17.7. The predicted molar refractivity (Wildman–Crippen MR) is 157 cm³/mol. The molecular formula is C28H62CoO6P2. The van der Waals surface area contributed by atoms with Gasteiger partial charge in [0.25, 0.3) is 0 Å². The first-order chi connectivity index (χ1) is 17.6. The van der Waals surface area contributed by atoms with E-state index in [9.17, 15) is 9.13 Å². The van der Waals surface area contributed by atoms with Gasteiger partial charge in [-0.1, -0.05) is 130 Å². The van der Waals surface area contributed by atoms with Gasteiger partial charge in [-0.3, -0.25) is 9.13 Å². The molecule has 0 heterocycles. The summed E-state index contributed by atoms with van der Waals surface area (Å²) in [6.07, 6.45) is 23.8. The molecule has 0 aliphatic carbocycles. The molecule has 229 valence electrons. The van der Waals surface area contributed by atoms with E-state index in [-0.39, 0.29) is 16.8 Å². The van der Waals surface area contributed by atoms with E-state index in [0.29, 0.717) is 26.4 Å². The van der Waals surface area contributed by atoms with Crippen LogP contribution in [0.1, 0.15) is 156 Å². The molecule has 0 N–H and O–H groups in total. The van der Waals surface area contributed by atoms with Gasteiger partial charge in [-0.15, -0.1) is 0 Å². The van der Waals surface area contributed by atoms with Crippen LogP contribution in [-0.2, 0) is 44.0 Å². The quantitative estimate of drug-likeness (QED) is 0.0644. The van der Waals surface area contributed by atoms with Crippen molar-refractivity contribution in [3.8, 4) is 0 Å². The number of hydrogen-bond acceptors (Lipinski definition) is 6. The average Bonchev–Trinajstić information content (AvgIpc) is 2.88. The molecule has 0 aliphatic heterocycles. The van der Waals surface area contributed by atoms with Gasteiger partial charge in [0, 0.05) is 16.8 Å². The topological polar surface area (TPSA) is 71.1 Å². The second-order valence-electron chi connectivity index (χ2n) is 9.55. The molecule has 0 atom stereocenters. The summed E-state index contributed by atoms with van der Waals surface area (Å²) in [4.78, 5) is 0. The Labute approximate surface area is 242 Å². The van der Waals surface area contributed by atoms with Gasteiger partial charge in [0.15, 0.2) is 0 Å². The maximum Gasteiger partial charge on any atom is 0.319 e. The van der Waals surface area contributed by atoms with E-state index >= 15 is 0 Å². The fraction of sp³-hybridized carbons (Fsp3) is 1.00. The van der Waals surface area contributed by atoms with E-state index in [1.54, 1.807) is 0 Å². The zero-order valence-corrected chi connectivity index (χ0v) is 27.8. The van der Waals surface area contributed by atoms with Crippen molar-refractivity contribution in [1.29, 1.82) is 0 Å². The van der Waals surface area contributed by atoms with Crippen LogP contribution in [0.5, 0.6) is 0 Å². The monoisotopic (exact) mass is 615 g/mol. The van der Waals surface area contributed by atoms with Crippen molar-refractivity contribution in [1.82, 2.24) is 0 Å². The van der Waals surface area contributed by atoms with E-state index < -0.39 is 16.5 Å². The minimum Gasteiger partial charge on any atom is -0.311 e. The molecule has 0 aromatic carbocycles. The molecule has 6 nitrogen and oxygen atoms in total. The molecule has 0 rings (SSSR count). The summed E-state index contributed by atoms with van der Waals surface area (Å²) in [5.74, 6) is 0. The van der Waals surface area contributed by atoms with Gasteiger partial charge >= 0.3 is 16.5 Å². The molecule has 0 spiro atoms. The Morgan fingerprint density at radius 3 is 0.730 bits per heavy atom. The van der Waals surface area contributed by atoms with Crippen molar-refractivity contribution in [2.75, 3.05) is 26.4 Å². The summed E-state index contributed by atoms with van der Waals surface area (Å²) in [5.41, 5.74) is 0. The first-order valence-electron chi connectivity index (χ1n) is 15.2. The summed E-state index contributed by atoms with van der Waals surface area (Å²) >= 11 is 0. The first kappa shape index (κ1) is 42.3. The Kier molecular flexibility index (Phi) is 44.5. The van der Waals surface area contributed by atoms with Crippen LogP contribution >= 0.6 is 16.5 Å². The maximum absolute atomic E-state index is 11.4. The van der Waals surface area contributed by atoms with Crippen molar-refractivity contribution in [3.05, 3.63) is 0 Å². The summed E-state index contributed by atoms with van der Waals surface area (Å²) in [5, 5.41) is 0. The van der Waals surface area contributed by atoms with Crippen LogP contribution in [0.3, 0.4) is 0 Å². The van der Waals surface area contributed by atoms with Crippen molar-refractivity contribution < 1.29 is 44.0 Å². The van der Waals surface area contributed by atoms with Gasteiger partial charge in [0.2, 0.25) is 0 Å². The number of rotatable bonds is 28. The summed E-state index contributed by atoms with van der Waals surface area (Å²) in [6.45, 7) is 11.1. The molecule has 0 aliphatic rings. The largest absolute Gasteiger partial charge is 0.319 e. The number of unbranched alkanes of at least 4 members (excludes halogenated alkanes) is 16. The third kappa shape index (κ3) is 41.4. The van der Waals surface area contributed by atoms with Crippen molar-refractivity contribution in [2.45, 2.75) is 156 Å². The van der Waals surface area contributed by atoms with E-state index in [1.807, 2.05) is 0 Å². The molecule has 0 bridgehead atoms. The second-order valence-corrected chi connectivity index (χ2v) is 11.7. The second kappa shape index (κ2) is 39.0. The van der Waals surface area contributed by atoms with Crippen LogP contribution in [0.4, 0.5) is 0 Å². The standard InChI is InChI=1S/2C14H31O3P.Co/c2*1-3-5-7-9-11-13-16-18(15)17-14-12-10-8-6-4-2;/h2*18H,3-14H2,1-2H3;. The zero-order valence-electron chi connectivity index (χ0n) is 24.8. The molecule has 0 saturated heterocycles. The SMILES string of the molecule is CCCCCCCO[PH](=O)OCCCCCCC.CCCCCCCO[PH](=O)OCCCCCCC.[Co]. The third-order valence-corrected chi connectivity index (χ3v) is 7.63. The minimum atomic E-state index is -2.22. The summed E-state index contributed by atoms with van der Waals surface area (Å²) in [6, 6.07) is 0. The van der Waals surface area contributed by atoms with Gasteiger partial charge in [0.05, 0.1) is 26.4 Å². The normalized spacial score (nSPS) is 11.0. The summed E-state index contributed by atoms with van der Waals surface area (Å²) < 4.78 is 43.4. The Morgan fingerprint density at radius 2 is 0.541 bits per heavy atom. The number of hydrogen-bond donors (Lipinski definition) is 0. The van der Waals surface area contributed by atoms with Gasteiger partial charge in [-0.25, -0.2) is 0 Å². The fourth-order valence-electron chi connectivity index (χ4n) is 3.53. The van der Waals surface area contributed by atoms with Crippen LogP contribution in [0, 0.1) is 0 Å². The molecule has 0 unspecified atom stereocenters. The molecule has 37 heavy (non-hydrogen) atoms. The molecule has 1 radical (unpaired) electrons. The van der Waals surface area contributed by atoms with Gasteiger partial charge in [0.1, 0.15) is 0 Å². The van der Waals surface area contributed by atoms with Crippen LogP contribution in [0.25, 0.3) is 0 Å². The Hall–Kier alpha value is 0.806. The third-order valence-electron chi connectivity index (χ3n) is 5.87. The van der Waals surface area contributed by atoms with Crippen LogP contribution < -0.4 is 0 Å². The van der Waals surface area contributed by atoms with Crippen molar-refractivity contribution >= 4 is 16.5 Å². The Balaban J connectivity index is -0.000000608. The van der Waals surface area contributed by atoms with E-state index in [0.717, 1.165) is 25.7 Å². The van der Waals surface area contributed by atoms with Crippen LogP contribution in [0.15, 0.2) is 0 Å². The van der Waals surface area contributed by atoms with Gasteiger partial charge in [-0.2, -0.15) is 0 Å². The smallest absolute Gasteiger partial charge is 0.311 e. The molecule has 0 saturated carbocycles. The van der Waals surface area contributed by atoms with Gasteiger partial charge in [-0.05, 0) is 25.7 Å². The fourth-order valence-corrected chi connectivity index (χ4v) is 4.94.